The highest BCUT2D eigenvalue weighted by Gasteiger charge is 2.29. The van der Waals surface area contributed by atoms with E-state index in [-0.39, 0.29) is 25.0 Å². The zero-order valence-corrected chi connectivity index (χ0v) is 17.3. The van der Waals surface area contributed by atoms with Gasteiger partial charge in [-0.1, -0.05) is 68.3 Å². The summed E-state index contributed by atoms with van der Waals surface area (Å²) in [6, 6.07) is 15.1. The number of rotatable bonds is 6. The van der Waals surface area contributed by atoms with E-state index in [4.69, 9.17) is 9.84 Å². The summed E-state index contributed by atoms with van der Waals surface area (Å²) >= 11 is 0. The normalized spacial score (nSPS) is 12.7. The maximum absolute atomic E-state index is 12.0. The van der Waals surface area contributed by atoms with Gasteiger partial charge in [-0.3, -0.25) is 4.79 Å². The summed E-state index contributed by atoms with van der Waals surface area (Å²) in [5.74, 6) is 2.61. The second kappa shape index (κ2) is 9.81. The molecule has 3 N–H and O–H groups in total. The molecule has 0 radical (unpaired) electrons. The number of carbonyl (C=O) groups excluding carboxylic acids is 2. The van der Waals surface area contributed by atoms with Gasteiger partial charge < -0.3 is 20.5 Å². The van der Waals surface area contributed by atoms with Crippen molar-refractivity contribution < 1.29 is 24.2 Å². The number of benzene rings is 2. The van der Waals surface area contributed by atoms with E-state index in [0.717, 1.165) is 22.3 Å². The van der Waals surface area contributed by atoms with Crippen molar-refractivity contribution in [3.63, 3.8) is 0 Å². The van der Waals surface area contributed by atoms with Crippen LogP contribution in [0, 0.1) is 17.8 Å². The van der Waals surface area contributed by atoms with Crippen LogP contribution in [0.5, 0.6) is 0 Å². The van der Waals surface area contributed by atoms with Gasteiger partial charge in [-0.2, -0.15) is 0 Å². The summed E-state index contributed by atoms with van der Waals surface area (Å²) < 4.78 is 5.38. The molecule has 0 saturated carbocycles. The molecule has 0 aromatic heterocycles. The second-order valence-electron chi connectivity index (χ2n) is 7.51. The van der Waals surface area contributed by atoms with Crippen LogP contribution in [0.3, 0.4) is 0 Å². The van der Waals surface area contributed by atoms with E-state index in [1.807, 2.05) is 36.4 Å². The van der Waals surface area contributed by atoms with Gasteiger partial charge in [0, 0.05) is 5.92 Å². The fourth-order valence-corrected chi connectivity index (χ4v) is 3.58. The van der Waals surface area contributed by atoms with Crippen molar-refractivity contribution in [2.75, 3.05) is 13.2 Å². The summed E-state index contributed by atoms with van der Waals surface area (Å²) in [7, 11) is 0. The molecule has 160 valence electrons. The van der Waals surface area contributed by atoms with Crippen LogP contribution in [-0.2, 0) is 14.3 Å². The number of alkyl carbamates (subject to hydrolysis) is 1. The molecule has 7 nitrogen and oxygen atoms in total. The summed E-state index contributed by atoms with van der Waals surface area (Å²) in [5, 5.41) is 13.9. The molecule has 0 spiro atoms. The smallest absolute Gasteiger partial charge is 0.407 e. The first-order chi connectivity index (χ1) is 14.9. The standard InChI is InChI=1S/C24H24N2O5/c1-15(2)22(23(28)29)26-21(27)12-7-13-25-24(30)31-14-20-18-10-5-3-8-16(18)17-9-4-6-11-19(17)20/h3-6,8-11,15,20,22H,13-14H2,1-2H3,(H,25,30)(H,26,27)(H,28,29)/t22-/m1/s1. The topological polar surface area (TPSA) is 105 Å². The van der Waals surface area contributed by atoms with Crippen LogP contribution < -0.4 is 10.6 Å². The Morgan fingerprint density at radius 3 is 2.16 bits per heavy atom. The molecule has 1 atom stereocenters. The van der Waals surface area contributed by atoms with Gasteiger partial charge in [0.25, 0.3) is 5.91 Å². The zero-order valence-electron chi connectivity index (χ0n) is 17.3. The van der Waals surface area contributed by atoms with E-state index < -0.39 is 24.0 Å². The largest absolute Gasteiger partial charge is 0.480 e. The van der Waals surface area contributed by atoms with Crippen LogP contribution in [0.1, 0.15) is 30.9 Å². The Morgan fingerprint density at radius 1 is 1.03 bits per heavy atom. The minimum Gasteiger partial charge on any atom is -0.480 e. The Kier molecular flexibility index (Phi) is 6.93. The second-order valence-corrected chi connectivity index (χ2v) is 7.51. The Morgan fingerprint density at radius 2 is 1.61 bits per heavy atom. The van der Waals surface area contributed by atoms with Crippen LogP contribution in [0.2, 0.25) is 0 Å². The molecule has 2 amide bonds. The third kappa shape index (κ3) is 5.23. The van der Waals surface area contributed by atoms with Gasteiger partial charge >= 0.3 is 12.1 Å². The van der Waals surface area contributed by atoms with Crippen molar-refractivity contribution in [1.82, 2.24) is 10.6 Å². The summed E-state index contributed by atoms with van der Waals surface area (Å²) in [6.45, 7) is 3.46. The molecule has 0 unspecified atom stereocenters. The first-order valence-corrected chi connectivity index (χ1v) is 9.99. The summed E-state index contributed by atoms with van der Waals surface area (Å²) in [5.41, 5.74) is 4.52. The van der Waals surface area contributed by atoms with Gasteiger partial charge in [-0.25, -0.2) is 9.59 Å². The number of hydrogen-bond donors (Lipinski definition) is 3. The van der Waals surface area contributed by atoms with E-state index in [1.165, 1.54) is 0 Å². The molecule has 2 aromatic rings. The fourth-order valence-electron chi connectivity index (χ4n) is 3.58. The highest BCUT2D eigenvalue weighted by atomic mass is 16.5. The van der Waals surface area contributed by atoms with Gasteiger partial charge in [0.15, 0.2) is 0 Å². The van der Waals surface area contributed by atoms with E-state index in [0.29, 0.717) is 0 Å². The van der Waals surface area contributed by atoms with Crippen LogP contribution >= 0.6 is 0 Å². The molecule has 3 rings (SSSR count). The molecule has 0 saturated heterocycles. The predicted octanol–water partition coefficient (Wildman–Crippen LogP) is 2.75. The molecule has 0 heterocycles. The molecule has 1 aliphatic carbocycles. The Labute approximate surface area is 180 Å². The minimum absolute atomic E-state index is 0.0426. The van der Waals surface area contributed by atoms with E-state index >= 15 is 0 Å². The number of fused-ring (bicyclic) bond motifs is 3. The third-order valence-corrected chi connectivity index (χ3v) is 5.09. The number of carboxylic acid groups (broad SMARTS) is 1. The van der Waals surface area contributed by atoms with Crippen LogP contribution in [-0.4, -0.2) is 42.3 Å². The van der Waals surface area contributed by atoms with Crippen molar-refractivity contribution in [1.29, 1.82) is 0 Å². The van der Waals surface area contributed by atoms with Crippen molar-refractivity contribution in [3.05, 3.63) is 59.7 Å². The highest BCUT2D eigenvalue weighted by molar-refractivity contribution is 5.96. The Bertz CT molecular complexity index is 1010. The number of carboxylic acids is 1. The first-order valence-electron chi connectivity index (χ1n) is 9.99. The van der Waals surface area contributed by atoms with E-state index in [2.05, 4.69) is 34.6 Å². The van der Waals surface area contributed by atoms with Crippen LogP contribution in [0.15, 0.2) is 48.5 Å². The van der Waals surface area contributed by atoms with Crippen molar-refractivity contribution >= 4 is 18.0 Å². The van der Waals surface area contributed by atoms with Gasteiger partial charge in [0.2, 0.25) is 0 Å². The number of ether oxygens (including phenoxy) is 1. The molecule has 0 bridgehead atoms. The first kappa shape index (κ1) is 21.9. The Balaban J connectivity index is 1.50. The SMILES string of the molecule is CC(C)[C@@H](NC(=O)C#CCNC(=O)OCC1c2ccccc2-c2ccccc21)C(=O)O. The monoisotopic (exact) mass is 420 g/mol. The van der Waals surface area contributed by atoms with E-state index in [9.17, 15) is 14.4 Å². The number of carbonyl (C=O) groups is 3. The predicted molar refractivity (Wildman–Crippen MR) is 115 cm³/mol. The zero-order chi connectivity index (χ0) is 22.4. The van der Waals surface area contributed by atoms with Gasteiger partial charge in [0.05, 0.1) is 6.54 Å². The van der Waals surface area contributed by atoms with Crippen molar-refractivity contribution in [2.24, 2.45) is 5.92 Å². The van der Waals surface area contributed by atoms with Gasteiger partial charge in [0.1, 0.15) is 12.6 Å². The number of aliphatic carboxylic acids is 1. The number of amides is 2. The number of hydrogen-bond acceptors (Lipinski definition) is 4. The van der Waals surface area contributed by atoms with E-state index in [1.54, 1.807) is 13.8 Å². The quantitative estimate of drug-likeness (QED) is 0.624. The lowest BCUT2D eigenvalue weighted by Crippen LogP contribution is -2.43. The van der Waals surface area contributed by atoms with Gasteiger partial charge in [-0.05, 0) is 34.1 Å². The molecule has 7 heteroatoms. The third-order valence-electron chi connectivity index (χ3n) is 5.09. The molecular weight excluding hydrogens is 396 g/mol. The maximum Gasteiger partial charge on any atom is 0.407 e. The summed E-state index contributed by atoms with van der Waals surface area (Å²) in [6.07, 6.45) is -0.637. The molecule has 31 heavy (non-hydrogen) atoms. The molecule has 2 aromatic carbocycles. The fraction of sp³-hybridized carbons (Fsp3) is 0.292. The average molecular weight is 420 g/mol. The highest BCUT2D eigenvalue weighted by Crippen LogP contribution is 2.44. The lowest BCUT2D eigenvalue weighted by molar-refractivity contribution is -0.142. The Hall–Kier alpha value is -3.79. The van der Waals surface area contributed by atoms with Crippen LogP contribution in [0.4, 0.5) is 4.79 Å². The minimum atomic E-state index is -1.12. The lowest BCUT2D eigenvalue weighted by Gasteiger charge is -2.15. The maximum atomic E-state index is 12.0. The average Bonchev–Trinajstić information content (AvgIpc) is 3.07. The molecule has 1 aliphatic rings. The molecular formula is C24H24N2O5. The molecule has 0 fully saturated rings. The van der Waals surface area contributed by atoms with Crippen LogP contribution in [0.25, 0.3) is 11.1 Å². The van der Waals surface area contributed by atoms with Crippen molar-refractivity contribution in [3.8, 4) is 23.0 Å². The van der Waals surface area contributed by atoms with Crippen molar-refractivity contribution in [2.45, 2.75) is 25.8 Å². The lowest BCUT2D eigenvalue weighted by atomic mass is 9.98. The summed E-state index contributed by atoms with van der Waals surface area (Å²) in [4.78, 5) is 34.9. The van der Waals surface area contributed by atoms with Gasteiger partial charge in [-0.15, -0.1) is 0 Å². The molecule has 0 aliphatic heterocycles. The number of nitrogens with one attached hydrogen (secondary N) is 2.